The molecule has 1 fully saturated rings. The Morgan fingerprint density at radius 3 is 2.54 bits per heavy atom. The van der Waals surface area contributed by atoms with Crippen molar-refractivity contribution in [2.24, 2.45) is 18.7 Å². The van der Waals surface area contributed by atoms with Gasteiger partial charge in [-0.15, -0.1) is 0 Å². The van der Waals surface area contributed by atoms with Gasteiger partial charge in [0.25, 0.3) is 5.91 Å². The molecule has 2 aromatic rings. The molecule has 2 amide bonds. The number of methoxy groups -OCH3 is 1. The molecule has 1 saturated carbocycles. The Morgan fingerprint density at radius 1 is 1.18 bits per heavy atom. The minimum Gasteiger partial charge on any atom is -0.443 e. The van der Waals surface area contributed by atoms with Crippen molar-refractivity contribution in [2.45, 2.75) is 84.2 Å². The first kappa shape index (κ1) is 30.0. The van der Waals surface area contributed by atoms with Gasteiger partial charge in [-0.3, -0.25) is 14.3 Å². The Hall–Kier alpha value is -3.52. The molecule has 2 aromatic heterocycles. The van der Waals surface area contributed by atoms with Gasteiger partial charge in [-0.25, -0.2) is 13.9 Å². The predicted octanol–water partition coefficient (Wildman–Crippen LogP) is 2.22. The third-order valence-corrected chi connectivity index (χ3v) is 6.33. The number of carbonyl (C=O) groups excluding carboxylic acids is 3. The van der Waals surface area contributed by atoms with Crippen LogP contribution < -0.4 is 16.4 Å². The number of anilines is 1. The molecular formula is C25H38FN7O6. The van der Waals surface area contributed by atoms with Crippen molar-refractivity contribution in [1.82, 2.24) is 24.9 Å². The Labute approximate surface area is 226 Å². The number of alkyl halides is 1. The summed E-state index contributed by atoms with van der Waals surface area (Å²) in [6.45, 7) is 7.06. The number of hydrogen-bond acceptors (Lipinski definition) is 9. The van der Waals surface area contributed by atoms with Gasteiger partial charge < -0.3 is 30.6 Å². The van der Waals surface area contributed by atoms with Crippen molar-refractivity contribution in [3.05, 3.63) is 29.2 Å². The van der Waals surface area contributed by atoms with Crippen LogP contribution in [0.3, 0.4) is 0 Å². The van der Waals surface area contributed by atoms with Gasteiger partial charge in [0.2, 0.25) is 0 Å². The summed E-state index contributed by atoms with van der Waals surface area (Å²) in [7, 11) is 3.15. The molecule has 1 aliphatic rings. The Balaban J connectivity index is 1.81. The number of nitrogens with two attached hydrogens (primary N) is 1. The van der Waals surface area contributed by atoms with Gasteiger partial charge in [-0.05, 0) is 38.7 Å². The summed E-state index contributed by atoms with van der Waals surface area (Å²) < 4.78 is 33.2. The molecule has 0 bridgehead atoms. The van der Waals surface area contributed by atoms with Gasteiger partial charge in [0, 0.05) is 32.2 Å². The number of rotatable bonds is 11. The Kier molecular flexibility index (Phi) is 10.0. The topological polar surface area (TPSA) is 165 Å². The van der Waals surface area contributed by atoms with Crippen molar-refractivity contribution >= 4 is 23.8 Å². The number of nitrogens with one attached hydrogen (secondary N) is 2. The molecule has 4 atom stereocenters. The number of carbonyl (C=O) groups is 3. The maximum absolute atomic E-state index is 14.8. The van der Waals surface area contributed by atoms with Gasteiger partial charge in [0.15, 0.2) is 6.73 Å². The van der Waals surface area contributed by atoms with E-state index in [0.717, 1.165) is 0 Å². The van der Waals surface area contributed by atoms with Crippen LogP contribution in [0.2, 0.25) is 0 Å². The Morgan fingerprint density at radius 2 is 1.90 bits per heavy atom. The van der Waals surface area contributed by atoms with Crippen LogP contribution in [-0.2, 0) is 39.4 Å². The van der Waals surface area contributed by atoms with E-state index in [4.69, 9.17) is 19.9 Å². The fourth-order valence-electron chi connectivity index (χ4n) is 4.18. The van der Waals surface area contributed by atoms with E-state index in [1.807, 2.05) is 0 Å². The third kappa shape index (κ3) is 7.76. The maximum Gasteiger partial charge on any atom is 0.407 e. The summed E-state index contributed by atoms with van der Waals surface area (Å²) in [5, 5.41) is 14.1. The molecule has 0 aromatic carbocycles. The average Bonchev–Trinajstić information content (AvgIpc) is 3.53. The number of aryl methyl sites for hydroxylation is 1. The smallest absolute Gasteiger partial charge is 0.407 e. The fraction of sp³-hybridized carbons (Fsp3) is 0.640. The predicted molar refractivity (Wildman–Crippen MR) is 138 cm³/mol. The normalized spacial score (nSPS) is 19.8. The molecular weight excluding hydrogens is 513 g/mol. The molecule has 0 saturated heterocycles. The second-order valence-electron chi connectivity index (χ2n) is 10.3. The zero-order valence-electron chi connectivity index (χ0n) is 23.1. The van der Waals surface area contributed by atoms with E-state index in [-0.39, 0.29) is 49.7 Å². The number of hydrogen-bond donors (Lipinski definition) is 3. The lowest BCUT2D eigenvalue weighted by molar-refractivity contribution is -0.150. The van der Waals surface area contributed by atoms with E-state index in [9.17, 15) is 18.8 Å². The molecule has 39 heavy (non-hydrogen) atoms. The first-order valence-electron chi connectivity index (χ1n) is 12.8. The van der Waals surface area contributed by atoms with Crippen LogP contribution in [0, 0.1) is 5.92 Å². The fourth-order valence-corrected chi connectivity index (χ4v) is 4.18. The van der Waals surface area contributed by atoms with Gasteiger partial charge in [-0.2, -0.15) is 10.2 Å². The van der Waals surface area contributed by atoms with E-state index in [2.05, 4.69) is 20.8 Å². The highest BCUT2D eigenvalue weighted by atomic mass is 19.1. The second-order valence-corrected chi connectivity index (χ2v) is 10.3. The standard InChI is InChI=1S/C25H38FN7O6/c1-13(2)22(27)24(35)38-12-33-21(29-23(34)19-9-16(11-37-6)30-32(19)5)10-18(31-33)15-7-17(26)20(8-15)39-25(36)28-14(3)4/h9-10,13-15,17,20,22H,7-8,11-12,27H2,1-6H3,(H,28,36)(H,29,34)/t15-,17+,20-,22+/m1/s1. The molecule has 0 unspecified atom stereocenters. The lowest BCUT2D eigenvalue weighted by Gasteiger charge is -2.16. The summed E-state index contributed by atoms with van der Waals surface area (Å²) in [5.41, 5.74) is 7.18. The maximum atomic E-state index is 14.8. The zero-order valence-corrected chi connectivity index (χ0v) is 23.1. The van der Waals surface area contributed by atoms with Gasteiger partial charge in [-0.1, -0.05) is 13.8 Å². The lowest BCUT2D eigenvalue weighted by atomic mass is 10.0. The number of halogens is 1. The van der Waals surface area contributed by atoms with Crippen LogP contribution in [0.5, 0.6) is 0 Å². The average molecular weight is 552 g/mol. The van der Waals surface area contributed by atoms with Crippen LogP contribution >= 0.6 is 0 Å². The van der Waals surface area contributed by atoms with E-state index < -0.39 is 42.2 Å². The highest BCUT2D eigenvalue weighted by Gasteiger charge is 2.39. The van der Waals surface area contributed by atoms with Crippen LogP contribution in [-0.4, -0.2) is 69.0 Å². The summed E-state index contributed by atoms with van der Waals surface area (Å²) in [5.74, 6) is -1.41. The largest absolute Gasteiger partial charge is 0.443 e. The first-order chi connectivity index (χ1) is 18.4. The molecule has 2 heterocycles. The van der Waals surface area contributed by atoms with Gasteiger partial charge >= 0.3 is 12.1 Å². The number of aromatic nitrogens is 4. The minimum atomic E-state index is -1.38. The number of esters is 1. The second kappa shape index (κ2) is 13.0. The molecule has 0 aliphatic heterocycles. The number of alkyl carbamates (subject to hydrolysis) is 1. The summed E-state index contributed by atoms with van der Waals surface area (Å²) in [4.78, 5) is 37.4. The molecule has 216 valence electrons. The number of amides is 2. The molecule has 3 rings (SSSR count). The highest BCUT2D eigenvalue weighted by molar-refractivity contribution is 6.02. The van der Waals surface area contributed by atoms with Gasteiger partial charge in [0.1, 0.15) is 29.8 Å². The molecule has 0 radical (unpaired) electrons. The van der Waals surface area contributed by atoms with E-state index in [1.54, 1.807) is 46.9 Å². The number of nitrogens with zero attached hydrogens (tertiary/aromatic N) is 4. The summed E-state index contributed by atoms with van der Waals surface area (Å²) in [6, 6.07) is 2.21. The minimum absolute atomic E-state index is 0.0736. The Bertz CT molecular complexity index is 1160. The lowest BCUT2D eigenvalue weighted by Crippen LogP contribution is -2.37. The van der Waals surface area contributed by atoms with E-state index in [1.165, 1.54) is 16.5 Å². The molecule has 14 heteroatoms. The monoisotopic (exact) mass is 551 g/mol. The summed E-state index contributed by atoms with van der Waals surface area (Å²) >= 11 is 0. The highest BCUT2D eigenvalue weighted by Crippen LogP contribution is 2.38. The zero-order chi connectivity index (χ0) is 28.9. The van der Waals surface area contributed by atoms with Crippen molar-refractivity contribution in [2.75, 3.05) is 12.4 Å². The van der Waals surface area contributed by atoms with E-state index in [0.29, 0.717) is 11.4 Å². The van der Waals surface area contributed by atoms with Crippen LogP contribution in [0.1, 0.15) is 68.3 Å². The molecule has 0 spiro atoms. The van der Waals surface area contributed by atoms with Crippen LogP contribution in [0.25, 0.3) is 0 Å². The van der Waals surface area contributed by atoms with Crippen molar-refractivity contribution in [1.29, 1.82) is 0 Å². The molecule has 4 N–H and O–H groups in total. The molecule has 1 aliphatic carbocycles. The molecule has 13 nitrogen and oxygen atoms in total. The van der Waals surface area contributed by atoms with Crippen molar-refractivity contribution in [3.8, 4) is 0 Å². The SMILES string of the molecule is COCc1cc(C(=O)Nc2cc([C@@H]3C[C@H](F)[C@H](OC(=O)NC(C)C)C3)nn2COC(=O)[C@@H](N)C(C)C)n(C)n1. The van der Waals surface area contributed by atoms with Gasteiger partial charge in [0.05, 0.1) is 18.0 Å². The van der Waals surface area contributed by atoms with Crippen molar-refractivity contribution < 1.29 is 33.0 Å². The third-order valence-electron chi connectivity index (χ3n) is 6.33. The number of ether oxygens (including phenoxy) is 3. The first-order valence-corrected chi connectivity index (χ1v) is 12.8. The summed E-state index contributed by atoms with van der Waals surface area (Å²) in [6.07, 6.45) is -2.73. The van der Waals surface area contributed by atoms with E-state index >= 15 is 0 Å². The van der Waals surface area contributed by atoms with Crippen LogP contribution in [0.4, 0.5) is 15.0 Å². The van der Waals surface area contributed by atoms with Crippen LogP contribution in [0.15, 0.2) is 12.1 Å². The van der Waals surface area contributed by atoms with Crippen molar-refractivity contribution in [3.63, 3.8) is 0 Å². The quantitative estimate of drug-likeness (QED) is 0.355.